The monoisotopic (exact) mass is 595 g/mol. The van der Waals surface area contributed by atoms with E-state index in [1.54, 1.807) is 20.4 Å². The van der Waals surface area contributed by atoms with Crippen molar-refractivity contribution in [3.8, 4) is 23.0 Å². The number of carbonyl (C=O) groups excluding carboxylic acids is 1. The molecular formula is C35H41N5O4. The number of nitrogens with one attached hydrogen (secondary N) is 1. The van der Waals surface area contributed by atoms with Crippen molar-refractivity contribution in [3.05, 3.63) is 72.1 Å². The molecule has 44 heavy (non-hydrogen) atoms. The number of aromatic nitrogens is 2. The van der Waals surface area contributed by atoms with Crippen LogP contribution in [0.3, 0.4) is 0 Å². The van der Waals surface area contributed by atoms with E-state index in [4.69, 9.17) is 14.2 Å². The average molecular weight is 596 g/mol. The van der Waals surface area contributed by atoms with E-state index >= 15 is 0 Å². The number of aldehydes is 1. The van der Waals surface area contributed by atoms with Crippen LogP contribution in [-0.2, 0) is 6.54 Å². The van der Waals surface area contributed by atoms with Crippen LogP contribution >= 0.6 is 0 Å². The van der Waals surface area contributed by atoms with Crippen molar-refractivity contribution >= 4 is 23.0 Å². The molecule has 2 aliphatic heterocycles. The molecular weight excluding hydrogens is 554 g/mol. The number of carbonyl (C=O) groups is 1. The van der Waals surface area contributed by atoms with Gasteiger partial charge in [-0.2, -0.15) is 0 Å². The first-order valence-electron chi connectivity index (χ1n) is 15.7. The van der Waals surface area contributed by atoms with E-state index in [2.05, 4.69) is 36.8 Å². The van der Waals surface area contributed by atoms with Crippen molar-refractivity contribution in [2.24, 2.45) is 5.41 Å². The van der Waals surface area contributed by atoms with Crippen LogP contribution in [0.1, 0.15) is 41.6 Å². The zero-order valence-corrected chi connectivity index (χ0v) is 25.6. The van der Waals surface area contributed by atoms with Crippen molar-refractivity contribution in [2.75, 3.05) is 58.4 Å². The van der Waals surface area contributed by atoms with Gasteiger partial charge in [0.15, 0.2) is 17.8 Å². The molecule has 0 radical (unpaired) electrons. The van der Waals surface area contributed by atoms with Crippen LogP contribution in [0.5, 0.6) is 23.0 Å². The fourth-order valence-electron chi connectivity index (χ4n) is 7.38. The minimum absolute atomic E-state index is 0.470. The highest BCUT2D eigenvalue weighted by molar-refractivity contribution is 5.81. The number of nitrogens with zero attached hydrogens (tertiary/aromatic N) is 4. The Morgan fingerprint density at radius 2 is 1.70 bits per heavy atom. The maximum Gasteiger partial charge on any atom is 0.161 e. The van der Waals surface area contributed by atoms with E-state index in [9.17, 15) is 4.79 Å². The summed E-state index contributed by atoms with van der Waals surface area (Å²) < 4.78 is 17.1. The van der Waals surface area contributed by atoms with Gasteiger partial charge < -0.3 is 24.1 Å². The molecule has 0 atom stereocenters. The predicted molar refractivity (Wildman–Crippen MR) is 171 cm³/mol. The highest BCUT2D eigenvalue weighted by Crippen LogP contribution is 2.51. The molecule has 9 nitrogen and oxygen atoms in total. The molecule has 2 saturated heterocycles. The molecule has 0 unspecified atom stereocenters. The van der Waals surface area contributed by atoms with Crippen LogP contribution in [0, 0.1) is 5.41 Å². The zero-order valence-electron chi connectivity index (χ0n) is 25.6. The first-order chi connectivity index (χ1) is 21.5. The number of hydrogen-bond donors (Lipinski definition) is 1. The molecule has 1 aliphatic carbocycles. The van der Waals surface area contributed by atoms with Crippen LogP contribution in [0.15, 0.2) is 60.9 Å². The number of H-pyrrole nitrogens is 1. The topological polar surface area (TPSA) is 83.2 Å². The number of aromatic amines is 1. The van der Waals surface area contributed by atoms with Crippen LogP contribution < -0.4 is 19.1 Å². The van der Waals surface area contributed by atoms with E-state index in [1.165, 1.54) is 31.2 Å². The fourth-order valence-corrected chi connectivity index (χ4v) is 7.38. The summed E-state index contributed by atoms with van der Waals surface area (Å²) >= 11 is 0. The summed E-state index contributed by atoms with van der Waals surface area (Å²) in [5, 5.41) is 0.975. The molecule has 0 amide bonds. The highest BCUT2D eigenvalue weighted by atomic mass is 16.5. The summed E-state index contributed by atoms with van der Waals surface area (Å²) in [5.74, 6) is 2.77. The number of piperazine rings is 1. The SMILES string of the molecule is COc1ccc(CN2CCN(C3CC4(CCN(c5ccc(C=O)c(Oc6cnc7[nH]ccc7c6)c5)CC4)C3)CC2)cc1OC. The van der Waals surface area contributed by atoms with Crippen molar-refractivity contribution in [2.45, 2.75) is 38.3 Å². The fraction of sp³-hybridized carbons (Fsp3) is 0.429. The molecule has 3 fully saturated rings. The summed E-state index contributed by atoms with van der Waals surface area (Å²) in [6, 6.07) is 16.8. The molecule has 1 spiro atoms. The third-order valence-electron chi connectivity index (χ3n) is 10.0. The van der Waals surface area contributed by atoms with Gasteiger partial charge in [0.25, 0.3) is 0 Å². The number of methoxy groups -OCH3 is 2. The Labute approximate surface area is 258 Å². The van der Waals surface area contributed by atoms with Crippen molar-refractivity contribution < 1.29 is 19.0 Å². The lowest BCUT2D eigenvalue weighted by atomic mass is 9.60. The molecule has 0 bridgehead atoms. The predicted octanol–water partition coefficient (Wildman–Crippen LogP) is 5.75. The lowest BCUT2D eigenvalue weighted by Crippen LogP contribution is -2.59. The lowest BCUT2D eigenvalue weighted by Gasteiger charge is -2.56. The maximum absolute atomic E-state index is 11.8. The van der Waals surface area contributed by atoms with Gasteiger partial charge in [0.2, 0.25) is 0 Å². The van der Waals surface area contributed by atoms with Crippen LogP contribution in [-0.4, -0.2) is 85.6 Å². The third kappa shape index (κ3) is 5.74. The van der Waals surface area contributed by atoms with Gasteiger partial charge in [0, 0.05) is 75.2 Å². The summed E-state index contributed by atoms with van der Waals surface area (Å²) in [6.07, 6.45) is 9.45. The number of anilines is 1. The molecule has 2 aromatic carbocycles. The van der Waals surface area contributed by atoms with Crippen molar-refractivity contribution in [1.82, 2.24) is 19.8 Å². The molecule has 230 valence electrons. The number of hydrogen-bond acceptors (Lipinski definition) is 8. The van der Waals surface area contributed by atoms with Gasteiger partial charge >= 0.3 is 0 Å². The third-order valence-corrected chi connectivity index (χ3v) is 10.0. The number of benzene rings is 2. The average Bonchev–Trinajstić information content (AvgIpc) is 3.52. The summed E-state index contributed by atoms with van der Waals surface area (Å²) in [6.45, 7) is 7.48. The Balaban J connectivity index is 0.904. The van der Waals surface area contributed by atoms with Gasteiger partial charge in [0.1, 0.15) is 17.1 Å². The number of pyridine rings is 1. The number of ether oxygens (including phenoxy) is 3. The standard InChI is InChI=1S/C35H41N5O4/c1-42-31-6-3-25(17-33(31)43-2)23-38-13-15-40(16-14-38)29-20-35(21-29)8-11-39(12-9-35)28-5-4-27(24-41)32(19-28)44-30-18-26-7-10-36-34(26)37-22-30/h3-7,10,17-19,22,24,29H,8-9,11-16,20-21,23H2,1-2H3,(H,36,37). The van der Waals surface area contributed by atoms with Crippen LogP contribution in [0.4, 0.5) is 5.69 Å². The Morgan fingerprint density at radius 3 is 2.45 bits per heavy atom. The number of fused-ring (bicyclic) bond motifs is 1. The van der Waals surface area contributed by atoms with E-state index < -0.39 is 0 Å². The van der Waals surface area contributed by atoms with Gasteiger partial charge in [0.05, 0.1) is 26.0 Å². The van der Waals surface area contributed by atoms with Crippen molar-refractivity contribution in [3.63, 3.8) is 0 Å². The normalized spacial score (nSPS) is 19.2. The van der Waals surface area contributed by atoms with Gasteiger partial charge in [-0.15, -0.1) is 0 Å². The molecule has 1 N–H and O–H groups in total. The first-order valence-corrected chi connectivity index (χ1v) is 15.7. The second-order valence-electron chi connectivity index (χ2n) is 12.6. The smallest absolute Gasteiger partial charge is 0.161 e. The Kier molecular flexibility index (Phi) is 7.91. The zero-order chi connectivity index (χ0) is 30.1. The summed E-state index contributed by atoms with van der Waals surface area (Å²) in [7, 11) is 3.37. The number of rotatable bonds is 9. The maximum atomic E-state index is 11.8. The molecule has 2 aromatic heterocycles. The minimum Gasteiger partial charge on any atom is -0.493 e. The van der Waals surface area contributed by atoms with Crippen LogP contribution in [0.2, 0.25) is 0 Å². The van der Waals surface area contributed by atoms with E-state index in [1.807, 2.05) is 42.6 Å². The summed E-state index contributed by atoms with van der Waals surface area (Å²) in [4.78, 5) is 27.0. The van der Waals surface area contributed by atoms with E-state index in [0.29, 0.717) is 28.5 Å². The molecule has 3 aliphatic rings. The second kappa shape index (κ2) is 12.1. The quantitative estimate of drug-likeness (QED) is 0.245. The first kappa shape index (κ1) is 28.7. The second-order valence-corrected chi connectivity index (χ2v) is 12.6. The Hall–Kier alpha value is -4.08. The van der Waals surface area contributed by atoms with Gasteiger partial charge in [-0.25, -0.2) is 4.98 Å². The van der Waals surface area contributed by atoms with Crippen molar-refractivity contribution in [1.29, 1.82) is 0 Å². The van der Waals surface area contributed by atoms with Crippen LogP contribution in [0.25, 0.3) is 11.0 Å². The Morgan fingerprint density at radius 1 is 0.909 bits per heavy atom. The molecule has 4 aromatic rings. The van der Waals surface area contributed by atoms with E-state index in [-0.39, 0.29) is 0 Å². The molecule has 7 rings (SSSR count). The lowest BCUT2D eigenvalue weighted by molar-refractivity contribution is -0.0355. The molecule has 4 heterocycles. The van der Waals surface area contributed by atoms with Gasteiger partial charge in [-0.05, 0) is 73.1 Å². The van der Waals surface area contributed by atoms with E-state index in [0.717, 1.165) is 80.3 Å². The Bertz CT molecular complexity index is 1610. The largest absolute Gasteiger partial charge is 0.493 e. The molecule has 1 saturated carbocycles. The highest BCUT2D eigenvalue weighted by Gasteiger charge is 2.48. The summed E-state index contributed by atoms with van der Waals surface area (Å²) in [5.41, 5.74) is 4.20. The number of piperidine rings is 1. The van der Waals surface area contributed by atoms with Gasteiger partial charge in [-0.3, -0.25) is 14.6 Å². The minimum atomic E-state index is 0.470. The van der Waals surface area contributed by atoms with Gasteiger partial charge in [-0.1, -0.05) is 6.07 Å². The molecule has 9 heteroatoms.